The molecule has 1 N–H and O–H groups in total. The highest BCUT2D eigenvalue weighted by Crippen LogP contribution is 2.44. The van der Waals surface area contributed by atoms with E-state index in [0.29, 0.717) is 29.4 Å². The van der Waals surface area contributed by atoms with Crippen LogP contribution in [0.25, 0.3) is 23.3 Å². The molecule has 0 radical (unpaired) electrons. The minimum atomic E-state index is -0.809. The Balaban J connectivity index is 1.47. The molecular weight excluding hydrogens is 441 g/mol. The van der Waals surface area contributed by atoms with Gasteiger partial charge in [-0.2, -0.15) is 0 Å². The summed E-state index contributed by atoms with van der Waals surface area (Å²) < 4.78 is 25.2. The van der Waals surface area contributed by atoms with E-state index in [1.165, 1.54) is 12.1 Å². The van der Waals surface area contributed by atoms with Crippen LogP contribution in [0.4, 0.5) is 4.39 Å². The second-order valence-electron chi connectivity index (χ2n) is 7.68. The maximum atomic E-state index is 13.4. The maximum Gasteiger partial charge on any atom is 0.304 e. The van der Waals surface area contributed by atoms with Gasteiger partial charge >= 0.3 is 5.97 Å². The highest BCUT2D eigenvalue weighted by atomic mass is 32.2. The summed E-state index contributed by atoms with van der Waals surface area (Å²) in [6.45, 7) is 0.466. The zero-order valence-corrected chi connectivity index (χ0v) is 18.3. The Labute approximate surface area is 193 Å². The first-order chi connectivity index (χ1) is 16.1. The first-order valence-corrected chi connectivity index (χ1v) is 11.5. The van der Waals surface area contributed by atoms with Crippen LogP contribution in [0.15, 0.2) is 65.1 Å². The van der Waals surface area contributed by atoms with E-state index in [0.717, 1.165) is 28.0 Å². The summed E-state index contributed by atoms with van der Waals surface area (Å²) in [7, 11) is 0. The molecule has 1 aliphatic rings. The van der Waals surface area contributed by atoms with Gasteiger partial charge < -0.3 is 14.3 Å². The van der Waals surface area contributed by atoms with Gasteiger partial charge in [-0.15, -0.1) is 11.8 Å². The van der Waals surface area contributed by atoms with Gasteiger partial charge in [-0.1, -0.05) is 30.3 Å². The van der Waals surface area contributed by atoms with Crippen LogP contribution in [0.3, 0.4) is 0 Å². The lowest BCUT2D eigenvalue weighted by Crippen LogP contribution is -2.03. The number of carboxylic acids is 1. The summed E-state index contributed by atoms with van der Waals surface area (Å²) in [5, 5.41) is 9.05. The third-order valence-electron chi connectivity index (χ3n) is 5.42. The van der Waals surface area contributed by atoms with Crippen LogP contribution in [-0.4, -0.2) is 21.8 Å². The lowest BCUT2D eigenvalue weighted by atomic mass is 9.98. The molecule has 5 rings (SSSR count). The number of hydrogen-bond acceptors (Lipinski definition) is 5. The van der Waals surface area contributed by atoms with E-state index in [2.05, 4.69) is 17.1 Å². The minimum Gasteiger partial charge on any atom is -0.489 e. The van der Waals surface area contributed by atoms with Crippen molar-refractivity contribution >= 4 is 41.0 Å². The molecule has 7 heteroatoms. The Morgan fingerprint density at radius 3 is 2.88 bits per heavy atom. The van der Waals surface area contributed by atoms with Crippen LogP contribution in [-0.2, 0) is 11.4 Å². The van der Waals surface area contributed by atoms with Crippen LogP contribution >= 0.6 is 11.8 Å². The normalized spacial score (nSPS) is 15.1. The molecule has 1 atom stereocenters. The predicted octanol–water partition coefficient (Wildman–Crippen LogP) is 6.33. The average molecular weight is 462 g/mol. The van der Waals surface area contributed by atoms with Gasteiger partial charge in [-0.3, -0.25) is 4.79 Å². The van der Waals surface area contributed by atoms with Gasteiger partial charge in [-0.05, 0) is 47.0 Å². The van der Waals surface area contributed by atoms with E-state index in [9.17, 15) is 9.18 Å². The molecule has 0 saturated carbocycles. The Kier molecular flexibility index (Phi) is 5.88. The number of aliphatic carboxylic acids is 1. The number of benzene rings is 3. The number of ether oxygens (including phenoxy) is 1. The van der Waals surface area contributed by atoms with Gasteiger partial charge in [0.1, 0.15) is 23.7 Å². The van der Waals surface area contributed by atoms with E-state index in [1.54, 1.807) is 23.9 Å². The van der Waals surface area contributed by atoms with Crippen LogP contribution in [0, 0.1) is 5.82 Å². The van der Waals surface area contributed by atoms with Gasteiger partial charge in [0.25, 0.3) is 0 Å². The number of nitrogens with zero attached hydrogens (tertiary/aromatic N) is 1. The molecule has 0 bridgehead atoms. The second kappa shape index (κ2) is 9.11. The molecule has 1 unspecified atom stereocenters. The quantitative estimate of drug-likeness (QED) is 0.362. The number of carboxylic acid groups (broad SMARTS) is 1. The van der Waals surface area contributed by atoms with E-state index < -0.39 is 5.97 Å². The molecule has 0 fully saturated rings. The van der Waals surface area contributed by atoms with Crippen molar-refractivity contribution in [3.05, 3.63) is 94.6 Å². The van der Waals surface area contributed by atoms with Crippen molar-refractivity contribution in [1.82, 2.24) is 4.98 Å². The topological polar surface area (TPSA) is 72.6 Å². The van der Waals surface area contributed by atoms with Gasteiger partial charge in [-0.25, -0.2) is 9.37 Å². The third kappa shape index (κ3) is 4.64. The lowest BCUT2D eigenvalue weighted by Gasteiger charge is -2.19. The first-order valence-electron chi connectivity index (χ1n) is 10.5. The molecule has 3 aromatic carbocycles. The highest BCUT2D eigenvalue weighted by Gasteiger charge is 2.25. The van der Waals surface area contributed by atoms with E-state index in [1.807, 2.05) is 36.4 Å². The lowest BCUT2D eigenvalue weighted by molar-refractivity contribution is -0.136. The van der Waals surface area contributed by atoms with Crippen molar-refractivity contribution in [2.75, 3.05) is 5.75 Å². The fourth-order valence-electron chi connectivity index (χ4n) is 3.85. The summed E-state index contributed by atoms with van der Waals surface area (Å²) in [4.78, 5) is 15.4. The molecule has 0 aliphatic carbocycles. The van der Waals surface area contributed by atoms with Crippen molar-refractivity contribution in [2.45, 2.75) is 18.3 Å². The number of rotatable bonds is 6. The number of thioether (sulfide) groups is 1. The molecule has 0 saturated heterocycles. The standard InChI is InChI=1S/C26H20FNO4S/c27-18-7-9-23-21(14-18)28-24(32-23)10-6-16-5-8-22-20(13-16)26(33-12-11-25(29)30)19-4-2-1-3-17(19)15-31-22/h1-10,13-14,26H,11-12,15H2,(H,29,30)/b10-6+. The van der Waals surface area contributed by atoms with Gasteiger partial charge in [0.05, 0.1) is 11.7 Å². The fraction of sp³-hybridized carbons (Fsp3) is 0.154. The van der Waals surface area contributed by atoms with E-state index in [4.69, 9.17) is 14.3 Å². The molecule has 0 amide bonds. The predicted molar refractivity (Wildman–Crippen MR) is 127 cm³/mol. The van der Waals surface area contributed by atoms with Gasteiger partial charge in [0.2, 0.25) is 5.89 Å². The average Bonchev–Trinajstić information content (AvgIpc) is 3.14. The molecule has 5 nitrogen and oxygen atoms in total. The van der Waals surface area contributed by atoms with Crippen molar-refractivity contribution in [2.24, 2.45) is 0 Å². The molecule has 1 aromatic heterocycles. The molecule has 0 spiro atoms. The Bertz CT molecular complexity index is 1360. The summed E-state index contributed by atoms with van der Waals surface area (Å²) in [6.07, 6.45) is 3.73. The number of oxazole rings is 1. The summed E-state index contributed by atoms with van der Waals surface area (Å²) >= 11 is 1.60. The molecule has 166 valence electrons. The SMILES string of the molecule is O=C(O)CCSC1c2ccccc2COc2ccc(/C=C/c3nc4cc(F)ccc4o3)cc21. The van der Waals surface area contributed by atoms with Crippen molar-refractivity contribution in [3.8, 4) is 5.75 Å². The highest BCUT2D eigenvalue weighted by molar-refractivity contribution is 7.99. The largest absolute Gasteiger partial charge is 0.489 e. The maximum absolute atomic E-state index is 13.4. The number of aromatic nitrogens is 1. The molecule has 2 heterocycles. The van der Waals surface area contributed by atoms with Crippen LogP contribution < -0.4 is 4.74 Å². The van der Waals surface area contributed by atoms with Gasteiger partial charge in [0.15, 0.2) is 5.58 Å². The van der Waals surface area contributed by atoms with Crippen molar-refractivity contribution < 1.29 is 23.4 Å². The number of fused-ring (bicyclic) bond motifs is 3. The Morgan fingerprint density at radius 2 is 2.00 bits per heavy atom. The smallest absolute Gasteiger partial charge is 0.304 e. The van der Waals surface area contributed by atoms with E-state index >= 15 is 0 Å². The number of carbonyl (C=O) groups is 1. The minimum absolute atomic E-state index is 0.0429. The van der Waals surface area contributed by atoms with E-state index in [-0.39, 0.29) is 17.5 Å². The summed E-state index contributed by atoms with van der Waals surface area (Å²) in [5.41, 5.74) is 5.14. The second-order valence-corrected chi connectivity index (χ2v) is 8.89. The van der Waals surface area contributed by atoms with Gasteiger partial charge in [0, 0.05) is 23.5 Å². The summed E-state index contributed by atoms with van der Waals surface area (Å²) in [6, 6.07) is 18.3. The molecular formula is C26H20FNO4S. The molecule has 33 heavy (non-hydrogen) atoms. The van der Waals surface area contributed by atoms with Crippen LogP contribution in [0.1, 0.15) is 39.8 Å². The molecule has 4 aromatic rings. The zero-order valence-electron chi connectivity index (χ0n) is 17.5. The van der Waals surface area contributed by atoms with Crippen molar-refractivity contribution in [3.63, 3.8) is 0 Å². The van der Waals surface area contributed by atoms with Crippen molar-refractivity contribution in [1.29, 1.82) is 0 Å². The first kappa shape index (κ1) is 21.3. The number of hydrogen-bond donors (Lipinski definition) is 1. The van der Waals surface area contributed by atoms with Crippen LogP contribution in [0.2, 0.25) is 0 Å². The number of halogens is 1. The molecule has 1 aliphatic heterocycles. The fourth-order valence-corrected chi connectivity index (χ4v) is 5.15. The van der Waals surface area contributed by atoms with Crippen LogP contribution in [0.5, 0.6) is 5.75 Å². The Morgan fingerprint density at radius 1 is 1.12 bits per heavy atom. The zero-order chi connectivity index (χ0) is 22.8. The third-order valence-corrected chi connectivity index (χ3v) is 6.70. The summed E-state index contributed by atoms with van der Waals surface area (Å²) in [5.74, 6) is 0.500. The Hall–Kier alpha value is -3.58. The monoisotopic (exact) mass is 461 g/mol.